The summed E-state index contributed by atoms with van der Waals surface area (Å²) in [6, 6.07) is 1.80. The van der Waals surface area contributed by atoms with Crippen LogP contribution in [0.5, 0.6) is 0 Å². The summed E-state index contributed by atoms with van der Waals surface area (Å²) in [6.45, 7) is 1.02. The predicted octanol–water partition coefficient (Wildman–Crippen LogP) is 2.09. The first-order chi connectivity index (χ1) is 9.59. The van der Waals surface area contributed by atoms with E-state index in [9.17, 15) is 30.8 Å². The third kappa shape index (κ3) is 4.06. The number of anilines is 1. The second kappa shape index (κ2) is 6.29. The molecule has 10 heteroatoms. The van der Waals surface area contributed by atoms with Gasteiger partial charge in [-0.05, 0) is 25.1 Å². The maximum atomic E-state index is 13.0. The summed E-state index contributed by atoms with van der Waals surface area (Å²) in [5.41, 5.74) is -6.12. The second-order valence-corrected chi connectivity index (χ2v) is 5.66. The highest BCUT2D eigenvalue weighted by Crippen LogP contribution is 2.34. The third-order valence-corrected chi connectivity index (χ3v) is 3.79. The van der Waals surface area contributed by atoms with Gasteiger partial charge in [-0.25, -0.2) is 12.8 Å². The lowest BCUT2D eigenvalue weighted by Crippen LogP contribution is -2.25. The average Bonchev–Trinajstić information content (AvgIpc) is 2.36. The Labute approximate surface area is 117 Å². The van der Waals surface area contributed by atoms with Gasteiger partial charge in [0.15, 0.2) is 0 Å². The van der Waals surface area contributed by atoms with E-state index in [1.54, 1.807) is 0 Å². The quantitative estimate of drug-likeness (QED) is 0.661. The molecule has 0 amide bonds. The topological polar surface area (TPSA) is 72.5 Å². The molecule has 5 nitrogen and oxygen atoms in total. The van der Waals surface area contributed by atoms with Crippen molar-refractivity contribution in [1.82, 2.24) is 0 Å². The molecule has 0 aliphatic rings. The van der Waals surface area contributed by atoms with Crippen LogP contribution >= 0.6 is 0 Å². The highest BCUT2D eigenvalue weighted by molar-refractivity contribution is 7.92. The number of hydrogen-bond acceptors (Lipinski definition) is 5. The molecule has 0 aliphatic carbocycles. The van der Waals surface area contributed by atoms with Crippen molar-refractivity contribution in [3.05, 3.63) is 24.0 Å². The Morgan fingerprint density at radius 1 is 1.33 bits per heavy atom. The van der Waals surface area contributed by atoms with Crippen LogP contribution in [0.3, 0.4) is 0 Å². The summed E-state index contributed by atoms with van der Waals surface area (Å²) in [5, 5.41) is 2.18. The van der Waals surface area contributed by atoms with E-state index in [0.29, 0.717) is 0 Å². The maximum absolute atomic E-state index is 13.0. The molecule has 0 aliphatic heterocycles. The first-order valence-electron chi connectivity index (χ1n) is 5.60. The number of nitrogens with one attached hydrogen (secondary N) is 1. The first kappa shape index (κ1) is 17.2. The van der Waals surface area contributed by atoms with E-state index in [1.165, 1.54) is 6.92 Å². The number of rotatable bonds is 5. The SMILES string of the molecule is CCOC(=O)CNc1ccc(F)cc1S(=O)(=O)C(F)(F)F. The molecule has 1 aromatic carbocycles. The number of ether oxygens (including phenoxy) is 1. The minimum atomic E-state index is -5.74. The van der Waals surface area contributed by atoms with E-state index in [1.807, 2.05) is 0 Å². The van der Waals surface area contributed by atoms with E-state index >= 15 is 0 Å². The lowest BCUT2D eigenvalue weighted by Gasteiger charge is -2.14. The largest absolute Gasteiger partial charge is 0.501 e. The van der Waals surface area contributed by atoms with E-state index in [0.717, 1.165) is 12.1 Å². The number of benzene rings is 1. The molecule has 0 unspecified atom stereocenters. The van der Waals surface area contributed by atoms with Crippen LogP contribution in [-0.2, 0) is 19.4 Å². The zero-order valence-electron chi connectivity index (χ0n) is 10.7. The van der Waals surface area contributed by atoms with Crippen LogP contribution in [0.2, 0.25) is 0 Å². The van der Waals surface area contributed by atoms with Crippen LogP contribution in [-0.4, -0.2) is 33.0 Å². The van der Waals surface area contributed by atoms with Crippen LogP contribution < -0.4 is 5.32 Å². The van der Waals surface area contributed by atoms with Gasteiger partial charge >= 0.3 is 11.5 Å². The Morgan fingerprint density at radius 2 is 1.95 bits per heavy atom. The molecule has 21 heavy (non-hydrogen) atoms. The zero-order chi connectivity index (χ0) is 16.3. The molecule has 0 radical (unpaired) electrons. The van der Waals surface area contributed by atoms with Gasteiger partial charge in [0, 0.05) is 0 Å². The maximum Gasteiger partial charge on any atom is 0.501 e. The van der Waals surface area contributed by atoms with Crippen molar-refractivity contribution < 1.29 is 35.5 Å². The van der Waals surface area contributed by atoms with Gasteiger partial charge in [0.2, 0.25) is 0 Å². The number of hydrogen-bond donors (Lipinski definition) is 1. The number of esters is 1. The fourth-order valence-corrected chi connectivity index (χ4v) is 2.32. The van der Waals surface area contributed by atoms with E-state index < -0.39 is 44.3 Å². The van der Waals surface area contributed by atoms with Crippen molar-refractivity contribution in [2.75, 3.05) is 18.5 Å². The number of halogens is 4. The fourth-order valence-electron chi connectivity index (χ4n) is 1.37. The minimum absolute atomic E-state index is 0.0532. The molecule has 118 valence electrons. The van der Waals surface area contributed by atoms with Crippen molar-refractivity contribution in [3.63, 3.8) is 0 Å². The monoisotopic (exact) mass is 329 g/mol. The smallest absolute Gasteiger partial charge is 0.465 e. The van der Waals surface area contributed by atoms with Crippen molar-refractivity contribution in [2.24, 2.45) is 0 Å². The molecule has 0 fully saturated rings. The van der Waals surface area contributed by atoms with Gasteiger partial charge in [0.25, 0.3) is 9.84 Å². The average molecular weight is 329 g/mol. The summed E-state index contributed by atoms with van der Waals surface area (Å²) < 4.78 is 77.8. The van der Waals surface area contributed by atoms with Crippen molar-refractivity contribution in [3.8, 4) is 0 Å². The molecule has 1 aromatic rings. The van der Waals surface area contributed by atoms with Crippen LogP contribution in [0.1, 0.15) is 6.92 Å². The summed E-state index contributed by atoms with van der Waals surface area (Å²) in [6.07, 6.45) is 0. The number of alkyl halides is 3. The Balaban J connectivity index is 3.15. The summed E-state index contributed by atoms with van der Waals surface area (Å²) in [7, 11) is -5.74. The molecule has 0 saturated carbocycles. The van der Waals surface area contributed by atoms with Crippen LogP contribution in [0.25, 0.3) is 0 Å². The Morgan fingerprint density at radius 3 is 2.48 bits per heavy atom. The van der Waals surface area contributed by atoms with Crippen molar-refractivity contribution in [2.45, 2.75) is 17.3 Å². The minimum Gasteiger partial charge on any atom is -0.465 e. The molecular weight excluding hydrogens is 318 g/mol. The fraction of sp³-hybridized carbons (Fsp3) is 0.364. The second-order valence-electron chi connectivity index (χ2n) is 3.75. The molecule has 0 aromatic heterocycles. The lowest BCUT2D eigenvalue weighted by atomic mass is 10.3. The number of carbonyl (C=O) groups is 1. The molecule has 1 N–H and O–H groups in total. The van der Waals surface area contributed by atoms with E-state index in [4.69, 9.17) is 0 Å². The van der Waals surface area contributed by atoms with Gasteiger partial charge in [0.05, 0.1) is 12.3 Å². The lowest BCUT2D eigenvalue weighted by molar-refractivity contribution is -0.140. The highest BCUT2D eigenvalue weighted by Gasteiger charge is 2.48. The normalized spacial score (nSPS) is 12.0. The Hall–Kier alpha value is -1.84. The molecule has 0 heterocycles. The van der Waals surface area contributed by atoms with Crippen molar-refractivity contribution >= 4 is 21.5 Å². The standard InChI is InChI=1S/C11H11F4NO4S/c1-2-20-10(17)6-16-8-4-3-7(12)5-9(8)21(18,19)11(13,14)15/h3-5,16H,2,6H2,1H3. The third-order valence-electron chi connectivity index (χ3n) is 2.27. The van der Waals surface area contributed by atoms with Gasteiger partial charge in [-0.2, -0.15) is 13.2 Å². The number of carbonyl (C=O) groups excluding carboxylic acids is 1. The summed E-state index contributed by atoms with van der Waals surface area (Å²) in [4.78, 5) is 9.82. The molecule has 0 atom stereocenters. The highest BCUT2D eigenvalue weighted by atomic mass is 32.2. The van der Waals surface area contributed by atoms with Gasteiger partial charge < -0.3 is 10.1 Å². The first-order valence-corrected chi connectivity index (χ1v) is 7.08. The van der Waals surface area contributed by atoms with E-state index in [2.05, 4.69) is 10.1 Å². The Kier molecular flexibility index (Phi) is 5.15. The van der Waals surface area contributed by atoms with Gasteiger partial charge in [-0.15, -0.1) is 0 Å². The molecular formula is C11H11F4NO4S. The summed E-state index contributed by atoms with van der Waals surface area (Å²) >= 11 is 0. The Bertz CT molecular complexity index is 628. The van der Waals surface area contributed by atoms with Crippen molar-refractivity contribution in [1.29, 1.82) is 0 Å². The van der Waals surface area contributed by atoms with E-state index in [-0.39, 0.29) is 12.7 Å². The molecule has 0 bridgehead atoms. The zero-order valence-corrected chi connectivity index (χ0v) is 11.5. The van der Waals surface area contributed by atoms with Crippen LogP contribution in [0.4, 0.5) is 23.2 Å². The molecule has 0 saturated heterocycles. The predicted molar refractivity (Wildman–Crippen MR) is 64.8 cm³/mol. The molecule has 0 spiro atoms. The summed E-state index contributed by atoms with van der Waals surface area (Å²) in [5.74, 6) is -1.95. The number of sulfone groups is 1. The van der Waals surface area contributed by atoms with Gasteiger partial charge in [-0.1, -0.05) is 0 Å². The van der Waals surface area contributed by atoms with Crippen LogP contribution in [0.15, 0.2) is 23.1 Å². The van der Waals surface area contributed by atoms with Gasteiger partial charge in [-0.3, -0.25) is 4.79 Å². The van der Waals surface area contributed by atoms with Crippen LogP contribution in [0, 0.1) is 5.82 Å². The van der Waals surface area contributed by atoms with Gasteiger partial charge in [0.1, 0.15) is 17.3 Å². The molecule has 1 rings (SSSR count).